The van der Waals surface area contributed by atoms with E-state index in [0.29, 0.717) is 44.0 Å². The lowest BCUT2D eigenvalue weighted by Crippen LogP contribution is -2.47. The van der Waals surface area contributed by atoms with Crippen molar-refractivity contribution >= 4 is 5.82 Å². The summed E-state index contributed by atoms with van der Waals surface area (Å²) in [6, 6.07) is 1.05. The lowest BCUT2D eigenvalue weighted by atomic mass is 9.88. The van der Waals surface area contributed by atoms with Gasteiger partial charge in [-0.15, -0.1) is 0 Å². The molecule has 2 aliphatic heterocycles. The van der Waals surface area contributed by atoms with Crippen LogP contribution in [0.15, 0.2) is 6.07 Å². The smallest absolute Gasteiger partial charge is 0.381 e. The summed E-state index contributed by atoms with van der Waals surface area (Å²) in [7, 11) is 0. The molecule has 3 heterocycles. The molecule has 3 rings (SSSR count). The molecule has 2 aliphatic rings. The van der Waals surface area contributed by atoms with Crippen LogP contribution in [0.5, 0.6) is 0 Å². The van der Waals surface area contributed by atoms with Gasteiger partial charge in [-0.2, -0.15) is 13.2 Å². The SMILES string of the molecule is Cc1nc(N2CC3COCC(C3)C2)cc(C(F)(F)F)n1. The van der Waals surface area contributed by atoms with Crippen LogP contribution in [0.4, 0.5) is 19.0 Å². The minimum Gasteiger partial charge on any atom is -0.381 e. The largest absolute Gasteiger partial charge is 0.433 e. The average molecular weight is 287 g/mol. The molecule has 0 radical (unpaired) electrons. The number of piperidine rings is 1. The maximum absolute atomic E-state index is 12.8. The quantitative estimate of drug-likeness (QED) is 0.794. The molecule has 2 fully saturated rings. The number of nitrogens with zero attached hydrogens (tertiary/aromatic N) is 3. The van der Waals surface area contributed by atoms with Gasteiger partial charge in [-0.05, 0) is 13.3 Å². The predicted molar refractivity (Wildman–Crippen MR) is 66.4 cm³/mol. The summed E-state index contributed by atoms with van der Waals surface area (Å²) >= 11 is 0. The Balaban J connectivity index is 1.88. The number of rotatable bonds is 1. The van der Waals surface area contributed by atoms with Crippen molar-refractivity contribution < 1.29 is 17.9 Å². The number of ether oxygens (including phenoxy) is 1. The van der Waals surface area contributed by atoms with Gasteiger partial charge in [0.1, 0.15) is 17.3 Å². The van der Waals surface area contributed by atoms with Crippen molar-refractivity contribution in [2.75, 3.05) is 31.2 Å². The second-order valence-corrected chi connectivity index (χ2v) is 5.57. The molecular formula is C13H16F3N3O. The van der Waals surface area contributed by atoms with Crippen molar-refractivity contribution in [2.24, 2.45) is 11.8 Å². The van der Waals surface area contributed by atoms with Gasteiger partial charge in [0.25, 0.3) is 0 Å². The summed E-state index contributed by atoms with van der Waals surface area (Å²) in [5.41, 5.74) is -0.869. The van der Waals surface area contributed by atoms with Crippen molar-refractivity contribution in [3.8, 4) is 0 Å². The fourth-order valence-electron chi connectivity index (χ4n) is 3.01. The minimum absolute atomic E-state index is 0.154. The molecule has 110 valence electrons. The number of halogens is 3. The van der Waals surface area contributed by atoms with Gasteiger partial charge in [0.05, 0.1) is 13.2 Å². The number of aryl methyl sites for hydroxylation is 1. The highest BCUT2D eigenvalue weighted by atomic mass is 19.4. The lowest BCUT2D eigenvalue weighted by molar-refractivity contribution is -0.141. The zero-order valence-electron chi connectivity index (χ0n) is 11.2. The van der Waals surface area contributed by atoms with Crippen molar-refractivity contribution in [1.82, 2.24) is 9.97 Å². The predicted octanol–water partition coefficient (Wildman–Crippen LogP) is 2.28. The van der Waals surface area contributed by atoms with E-state index in [2.05, 4.69) is 9.97 Å². The highest BCUT2D eigenvalue weighted by Gasteiger charge is 2.36. The van der Waals surface area contributed by atoms with Crippen molar-refractivity contribution in [3.05, 3.63) is 17.6 Å². The molecule has 7 heteroatoms. The molecular weight excluding hydrogens is 271 g/mol. The third-order valence-corrected chi connectivity index (χ3v) is 3.77. The van der Waals surface area contributed by atoms with E-state index in [1.165, 1.54) is 6.92 Å². The molecule has 0 saturated carbocycles. The highest BCUT2D eigenvalue weighted by molar-refractivity contribution is 5.41. The first-order chi connectivity index (χ1) is 9.41. The monoisotopic (exact) mass is 287 g/mol. The molecule has 0 amide bonds. The van der Waals surface area contributed by atoms with E-state index < -0.39 is 11.9 Å². The van der Waals surface area contributed by atoms with E-state index >= 15 is 0 Å². The van der Waals surface area contributed by atoms with Crippen LogP contribution in [0.1, 0.15) is 17.9 Å². The van der Waals surface area contributed by atoms with Gasteiger partial charge in [-0.3, -0.25) is 0 Å². The topological polar surface area (TPSA) is 38.2 Å². The van der Waals surface area contributed by atoms with E-state index in [1.807, 2.05) is 4.90 Å². The molecule has 0 N–H and O–H groups in total. The van der Waals surface area contributed by atoms with Gasteiger partial charge in [-0.25, -0.2) is 9.97 Å². The Morgan fingerprint density at radius 1 is 1.20 bits per heavy atom. The number of fused-ring (bicyclic) bond motifs is 2. The molecule has 1 aromatic rings. The number of aromatic nitrogens is 2. The maximum Gasteiger partial charge on any atom is 0.433 e. The second kappa shape index (κ2) is 4.87. The van der Waals surface area contributed by atoms with Crippen molar-refractivity contribution in [2.45, 2.75) is 19.5 Å². The summed E-state index contributed by atoms with van der Waals surface area (Å²) in [5.74, 6) is 1.29. The van der Waals surface area contributed by atoms with Gasteiger partial charge < -0.3 is 9.64 Å². The average Bonchev–Trinajstić information content (AvgIpc) is 2.36. The Morgan fingerprint density at radius 2 is 1.85 bits per heavy atom. The van der Waals surface area contributed by atoms with Crippen LogP contribution in [0.2, 0.25) is 0 Å². The van der Waals surface area contributed by atoms with E-state index in [-0.39, 0.29) is 5.82 Å². The zero-order chi connectivity index (χ0) is 14.3. The van der Waals surface area contributed by atoms with E-state index in [4.69, 9.17) is 4.74 Å². The third-order valence-electron chi connectivity index (χ3n) is 3.77. The Bertz CT molecular complexity index is 494. The Labute approximate surface area is 115 Å². The molecule has 0 aromatic carbocycles. The molecule has 1 aromatic heterocycles. The molecule has 2 bridgehead atoms. The van der Waals surface area contributed by atoms with Crippen LogP contribution in [-0.4, -0.2) is 36.3 Å². The fourth-order valence-corrected chi connectivity index (χ4v) is 3.01. The maximum atomic E-state index is 12.8. The lowest BCUT2D eigenvalue weighted by Gasteiger charge is -2.41. The molecule has 0 aliphatic carbocycles. The minimum atomic E-state index is -4.43. The van der Waals surface area contributed by atoms with Gasteiger partial charge in [-0.1, -0.05) is 0 Å². The summed E-state index contributed by atoms with van der Waals surface area (Å²) in [5, 5.41) is 0. The third kappa shape index (κ3) is 2.72. The normalized spacial score (nSPS) is 26.7. The Morgan fingerprint density at radius 3 is 2.45 bits per heavy atom. The highest BCUT2D eigenvalue weighted by Crippen LogP contribution is 2.33. The first-order valence-corrected chi connectivity index (χ1v) is 6.67. The summed E-state index contributed by atoms with van der Waals surface area (Å²) < 4.78 is 43.9. The summed E-state index contributed by atoms with van der Waals surface area (Å²) in [6.07, 6.45) is -3.34. The van der Waals surface area contributed by atoms with E-state index in [0.717, 1.165) is 12.5 Å². The molecule has 2 saturated heterocycles. The van der Waals surface area contributed by atoms with E-state index in [9.17, 15) is 13.2 Å². The number of hydrogen-bond donors (Lipinski definition) is 0. The molecule has 2 atom stereocenters. The van der Waals surface area contributed by atoms with Crippen molar-refractivity contribution in [1.29, 1.82) is 0 Å². The van der Waals surface area contributed by atoms with Crippen molar-refractivity contribution in [3.63, 3.8) is 0 Å². The van der Waals surface area contributed by atoms with Crippen LogP contribution in [-0.2, 0) is 10.9 Å². The number of hydrogen-bond acceptors (Lipinski definition) is 4. The molecule has 20 heavy (non-hydrogen) atoms. The van der Waals surface area contributed by atoms with Gasteiger partial charge >= 0.3 is 6.18 Å². The van der Waals surface area contributed by atoms with Gasteiger partial charge in [0, 0.05) is 31.0 Å². The first kappa shape index (κ1) is 13.6. The van der Waals surface area contributed by atoms with E-state index in [1.54, 1.807) is 0 Å². The van der Waals surface area contributed by atoms with Crippen LogP contribution < -0.4 is 4.90 Å². The van der Waals surface area contributed by atoms with Crippen LogP contribution in [0.3, 0.4) is 0 Å². The molecule has 0 spiro atoms. The number of alkyl halides is 3. The van der Waals surface area contributed by atoms with Crippen LogP contribution >= 0.6 is 0 Å². The van der Waals surface area contributed by atoms with Gasteiger partial charge in [0.15, 0.2) is 0 Å². The zero-order valence-corrected chi connectivity index (χ0v) is 11.2. The summed E-state index contributed by atoms with van der Waals surface area (Å²) in [4.78, 5) is 9.59. The Kier molecular flexibility index (Phi) is 3.32. The Hall–Kier alpha value is -1.37. The first-order valence-electron chi connectivity index (χ1n) is 6.67. The summed E-state index contributed by atoms with van der Waals surface area (Å²) in [6.45, 7) is 4.26. The standard InChI is InChI=1S/C13H16F3N3O/c1-8-17-11(13(14,15)16)3-12(18-8)19-4-9-2-10(5-19)7-20-6-9/h3,9-10H,2,4-7H2,1H3. The van der Waals surface area contributed by atoms with Gasteiger partial charge in [0.2, 0.25) is 0 Å². The van der Waals surface area contributed by atoms with Crippen LogP contribution in [0.25, 0.3) is 0 Å². The molecule has 2 unspecified atom stereocenters. The molecule has 4 nitrogen and oxygen atoms in total. The van der Waals surface area contributed by atoms with Crippen LogP contribution in [0, 0.1) is 18.8 Å². The second-order valence-electron chi connectivity index (χ2n) is 5.57. The number of anilines is 1. The fraction of sp³-hybridized carbons (Fsp3) is 0.692.